The van der Waals surface area contributed by atoms with Crippen molar-refractivity contribution in [1.29, 1.82) is 0 Å². The van der Waals surface area contributed by atoms with Crippen molar-refractivity contribution in [3.05, 3.63) is 0 Å². The molecule has 0 aromatic heterocycles. The average Bonchev–Trinajstić information content (AvgIpc) is 2.07. The van der Waals surface area contributed by atoms with Crippen molar-refractivity contribution in [2.24, 2.45) is 5.73 Å². The Balaban J connectivity index is 0.000000217. The quantitative estimate of drug-likeness (QED) is 0.511. The highest BCUT2D eigenvalue weighted by molar-refractivity contribution is 7.79. The second kappa shape index (κ2) is 7.67. The first-order valence-electron chi connectivity index (χ1n) is 4.20. The molecular formula is C7H18N2O2S. The van der Waals surface area contributed by atoms with Crippen LogP contribution in [-0.4, -0.2) is 33.6 Å². The maximum absolute atomic E-state index is 9.48. The van der Waals surface area contributed by atoms with E-state index in [1.807, 2.05) is 0 Å². The smallest absolute Gasteiger partial charge is 0.152 e. The number of piperidine rings is 1. The van der Waals surface area contributed by atoms with Gasteiger partial charge in [-0.3, -0.25) is 0 Å². The molecule has 1 rings (SSSR count). The predicted molar refractivity (Wildman–Crippen MR) is 51.4 cm³/mol. The zero-order valence-electron chi connectivity index (χ0n) is 7.45. The third-order valence-electron chi connectivity index (χ3n) is 1.63. The van der Waals surface area contributed by atoms with Gasteiger partial charge >= 0.3 is 0 Å². The van der Waals surface area contributed by atoms with E-state index in [1.54, 1.807) is 6.92 Å². The number of hydrogen-bond donors (Lipinski definition) is 3. The van der Waals surface area contributed by atoms with Crippen molar-refractivity contribution in [3.8, 4) is 0 Å². The highest BCUT2D eigenvalue weighted by Gasteiger charge is 2.05. The number of hydrogen-bond acceptors (Lipinski definition) is 3. The fraction of sp³-hybridized carbons (Fsp3) is 1.00. The zero-order chi connectivity index (χ0) is 9.40. The highest BCUT2D eigenvalue weighted by Crippen LogP contribution is 1.96. The predicted octanol–water partition coefficient (Wildman–Crippen LogP) is -0.0749. The minimum atomic E-state index is -1.57. The minimum Gasteiger partial charge on any atom is -0.328 e. The summed E-state index contributed by atoms with van der Waals surface area (Å²) in [7, 11) is 0. The fourth-order valence-electron chi connectivity index (χ4n) is 0.844. The van der Waals surface area contributed by atoms with Gasteiger partial charge in [0.25, 0.3) is 0 Å². The molecule has 0 aromatic rings. The Morgan fingerprint density at radius 1 is 1.58 bits per heavy atom. The summed E-state index contributed by atoms with van der Waals surface area (Å²) in [6, 6.07) is 0.473. The van der Waals surface area contributed by atoms with E-state index < -0.39 is 11.1 Å². The van der Waals surface area contributed by atoms with Crippen molar-refractivity contribution in [3.63, 3.8) is 0 Å². The molecule has 1 aliphatic heterocycles. The van der Waals surface area contributed by atoms with Crippen molar-refractivity contribution >= 4 is 11.1 Å². The highest BCUT2D eigenvalue weighted by atomic mass is 32.2. The molecule has 0 aliphatic carbocycles. The number of nitrogens with two attached hydrogens (primary N) is 1. The van der Waals surface area contributed by atoms with E-state index in [1.165, 1.54) is 0 Å². The molecule has 4 nitrogen and oxygen atoms in total. The Morgan fingerprint density at radius 2 is 2.00 bits per heavy atom. The summed E-state index contributed by atoms with van der Waals surface area (Å²) in [6.07, 6.45) is 2.31. The molecule has 74 valence electrons. The molecule has 0 saturated carbocycles. The van der Waals surface area contributed by atoms with Gasteiger partial charge in [0.15, 0.2) is 11.1 Å². The largest absolute Gasteiger partial charge is 0.328 e. The van der Waals surface area contributed by atoms with Gasteiger partial charge in [0, 0.05) is 11.8 Å². The fourth-order valence-corrected chi connectivity index (χ4v) is 0.844. The van der Waals surface area contributed by atoms with Crippen LogP contribution in [0, 0.1) is 0 Å². The molecule has 1 saturated heterocycles. The molecule has 0 spiro atoms. The van der Waals surface area contributed by atoms with Gasteiger partial charge in [0.2, 0.25) is 0 Å². The average molecular weight is 194 g/mol. The van der Waals surface area contributed by atoms with Crippen LogP contribution in [0.25, 0.3) is 0 Å². The summed E-state index contributed by atoms with van der Waals surface area (Å²) in [4.78, 5) is 0. The third-order valence-corrected chi connectivity index (χ3v) is 2.12. The van der Waals surface area contributed by atoms with E-state index in [0.29, 0.717) is 11.8 Å². The van der Waals surface area contributed by atoms with E-state index in [2.05, 4.69) is 5.32 Å². The van der Waals surface area contributed by atoms with E-state index >= 15 is 0 Å². The molecule has 12 heavy (non-hydrogen) atoms. The van der Waals surface area contributed by atoms with Gasteiger partial charge in [-0.25, -0.2) is 4.21 Å². The second-order valence-corrected chi connectivity index (χ2v) is 3.92. The molecule has 4 N–H and O–H groups in total. The van der Waals surface area contributed by atoms with Crippen molar-refractivity contribution in [1.82, 2.24) is 5.32 Å². The maximum atomic E-state index is 9.48. The first-order chi connectivity index (χ1) is 5.66. The van der Waals surface area contributed by atoms with Crippen LogP contribution in [-0.2, 0) is 11.1 Å². The summed E-state index contributed by atoms with van der Waals surface area (Å²) in [5.41, 5.74) is 5.59. The minimum absolute atomic E-state index is 0.333. The van der Waals surface area contributed by atoms with Gasteiger partial charge in [-0.05, 0) is 25.9 Å². The van der Waals surface area contributed by atoms with Crippen molar-refractivity contribution in [2.75, 3.05) is 18.8 Å². The summed E-state index contributed by atoms with van der Waals surface area (Å²) in [5.74, 6) is 0.333. The molecule has 5 heteroatoms. The monoisotopic (exact) mass is 194 g/mol. The van der Waals surface area contributed by atoms with E-state index in [0.717, 1.165) is 25.9 Å². The molecule has 1 aliphatic rings. The van der Waals surface area contributed by atoms with Crippen LogP contribution in [0.1, 0.15) is 19.8 Å². The van der Waals surface area contributed by atoms with Gasteiger partial charge in [-0.1, -0.05) is 6.92 Å². The van der Waals surface area contributed by atoms with Crippen LogP contribution in [0.5, 0.6) is 0 Å². The normalized spacial score (nSPS) is 20.9. The standard InChI is InChI=1S/C5H12N2.C2H6O2S/c6-5-1-3-7-4-2-5;1-2-5(3)4/h5,7H,1-4,6H2;2H2,1H3,(H,3,4). The first-order valence-corrected chi connectivity index (χ1v) is 5.48. The molecule has 0 radical (unpaired) electrons. The Kier molecular flexibility index (Phi) is 7.69. The zero-order valence-corrected chi connectivity index (χ0v) is 8.27. The second-order valence-electron chi connectivity index (χ2n) is 2.70. The molecular weight excluding hydrogens is 176 g/mol. The lowest BCUT2D eigenvalue weighted by Crippen LogP contribution is -2.35. The lowest BCUT2D eigenvalue weighted by atomic mass is 10.1. The van der Waals surface area contributed by atoms with Crippen LogP contribution in [0.3, 0.4) is 0 Å². The SMILES string of the molecule is CCS(=O)O.NC1CCNCC1. The van der Waals surface area contributed by atoms with Crippen LogP contribution in [0.2, 0.25) is 0 Å². The van der Waals surface area contributed by atoms with Crippen LogP contribution >= 0.6 is 0 Å². The maximum Gasteiger partial charge on any atom is 0.152 e. The van der Waals surface area contributed by atoms with Crippen LogP contribution in [0.15, 0.2) is 0 Å². The Labute approximate surface area is 76.2 Å². The van der Waals surface area contributed by atoms with E-state index in [9.17, 15) is 4.21 Å². The van der Waals surface area contributed by atoms with Crippen LogP contribution in [0.4, 0.5) is 0 Å². The topological polar surface area (TPSA) is 75.3 Å². The van der Waals surface area contributed by atoms with Gasteiger partial charge in [0.05, 0.1) is 0 Å². The van der Waals surface area contributed by atoms with Gasteiger partial charge < -0.3 is 15.6 Å². The number of nitrogens with one attached hydrogen (secondary N) is 1. The molecule has 1 atom stereocenters. The Hall–Kier alpha value is 0.0300. The van der Waals surface area contributed by atoms with Crippen LogP contribution < -0.4 is 11.1 Å². The molecule has 0 aromatic carbocycles. The van der Waals surface area contributed by atoms with Crippen molar-refractivity contribution < 1.29 is 8.76 Å². The molecule has 0 bridgehead atoms. The molecule has 1 fully saturated rings. The van der Waals surface area contributed by atoms with Gasteiger partial charge in [-0.15, -0.1) is 0 Å². The molecule has 1 heterocycles. The third kappa shape index (κ3) is 8.13. The lowest BCUT2D eigenvalue weighted by molar-refractivity contribution is 0.458. The summed E-state index contributed by atoms with van der Waals surface area (Å²) in [5, 5.41) is 3.24. The summed E-state index contributed by atoms with van der Waals surface area (Å²) < 4.78 is 17.3. The summed E-state index contributed by atoms with van der Waals surface area (Å²) >= 11 is -1.57. The Bertz CT molecular complexity index is 127. The summed E-state index contributed by atoms with van der Waals surface area (Å²) in [6.45, 7) is 3.87. The van der Waals surface area contributed by atoms with E-state index in [4.69, 9.17) is 10.3 Å². The van der Waals surface area contributed by atoms with E-state index in [-0.39, 0.29) is 0 Å². The lowest BCUT2D eigenvalue weighted by Gasteiger charge is -2.17. The van der Waals surface area contributed by atoms with Gasteiger partial charge in [0.1, 0.15) is 0 Å². The van der Waals surface area contributed by atoms with Crippen molar-refractivity contribution in [2.45, 2.75) is 25.8 Å². The Morgan fingerprint density at radius 3 is 2.17 bits per heavy atom. The van der Waals surface area contributed by atoms with Gasteiger partial charge in [-0.2, -0.15) is 0 Å². The molecule has 0 amide bonds. The first kappa shape index (κ1) is 12.0. The number of rotatable bonds is 1. The molecule has 1 unspecified atom stereocenters.